The SMILES string of the molecule is CCCS(=O)(=O)c1ccc(N2CC(C(C)C(=O)O)C2)cc1. The van der Waals surface area contributed by atoms with Gasteiger partial charge in [-0.1, -0.05) is 13.8 Å². The average Bonchev–Trinajstić information content (AvgIpc) is 2.37. The molecule has 1 aromatic carbocycles. The molecule has 0 aromatic heterocycles. The van der Waals surface area contributed by atoms with E-state index < -0.39 is 15.8 Å². The van der Waals surface area contributed by atoms with E-state index in [1.165, 1.54) is 0 Å². The number of carboxylic acid groups (broad SMARTS) is 1. The predicted molar refractivity (Wildman–Crippen MR) is 81.3 cm³/mol. The number of anilines is 1. The second-order valence-electron chi connectivity index (χ2n) is 5.60. The van der Waals surface area contributed by atoms with Crippen molar-refractivity contribution < 1.29 is 18.3 Å². The summed E-state index contributed by atoms with van der Waals surface area (Å²) >= 11 is 0. The maximum atomic E-state index is 11.9. The van der Waals surface area contributed by atoms with Crippen LogP contribution in [0.4, 0.5) is 5.69 Å². The quantitative estimate of drug-likeness (QED) is 0.870. The Morgan fingerprint density at radius 1 is 1.33 bits per heavy atom. The maximum absolute atomic E-state index is 11.9. The van der Waals surface area contributed by atoms with Crippen LogP contribution >= 0.6 is 0 Å². The van der Waals surface area contributed by atoms with Gasteiger partial charge < -0.3 is 10.0 Å². The van der Waals surface area contributed by atoms with Gasteiger partial charge >= 0.3 is 5.97 Å². The molecule has 1 saturated heterocycles. The molecule has 6 heteroatoms. The Balaban J connectivity index is 2.01. The molecule has 0 bridgehead atoms. The van der Waals surface area contributed by atoms with E-state index >= 15 is 0 Å². The van der Waals surface area contributed by atoms with Gasteiger partial charge in [0.1, 0.15) is 0 Å². The number of sulfone groups is 1. The molecule has 2 rings (SSSR count). The summed E-state index contributed by atoms with van der Waals surface area (Å²) in [5.74, 6) is -0.786. The molecule has 21 heavy (non-hydrogen) atoms. The molecular weight excluding hydrogens is 290 g/mol. The number of hydrogen-bond donors (Lipinski definition) is 1. The molecule has 1 aliphatic rings. The van der Waals surface area contributed by atoms with Gasteiger partial charge in [0, 0.05) is 24.7 Å². The Morgan fingerprint density at radius 3 is 2.38 bits per heavy atom. The third-order valence-electron chi connectivity index (χ3n) is 4.04. The van der Waals surface area contributed by atoms with Crippen LogP contribution in [0.1, 0.15) is 20.3 Å². The number of carbonyl (C=O) groups is 1. The van der Waals surface area contributed by atoms with Crippen molar-refractivity contribution in [2.75, 3.05) is 23.7 Å². The minimum Gasteiger partial charge on any atom is -0.481 e. The molecule has 0 radical (unpaired) electrons. The predicted octanol–water partition coefficient (Wildman–Crippen LogP) is 2.03. The Labute approximate surface area is 125 Å². The first-order valence-corrected chi connectivity index (χ1v) is 8.81. The molecule has 1 fully saturated rings. The van der Waals surface area contributed by atoms with E-state index in [0.717, 1.165) is 5.69 Å². The van der Waals surface area contributed by atoms with Crippen molar-refractivity contribution in [1.29, 1.82) is 0 Å². The molecular formula is C15H21NO4S. The topological polar surface area (TPSA) is 74.7 Å². The highest BCUT2D eigenvalue weighted by Crippen LogP contribution is 2.30. The lowest BCUT2D eigenvalue weighted by atomic mass is 9.87. The number of rotatable bonds is 6. The lowest BCUT2D eigenvalue weighted by molar-refractivity contribution is -0.143. The molecule has 1 unspecified atom stereocenters. The van der Waals surface area contributed by atoms with Crippen LogP contribution < -0.4 is 4.90 Å². The van der Waals surface area contributed by atoms with Gasteiger partial charge in [0.05, 0.1) is 16.6 Å². The Kier molecular flexibility index (Phi) is 4.56. The fourth-order valence-corrected chi connectivity index (χ4v) is 3.82. The van der Waals surface area contributed by atoms with Gasteiger partial charge in [-0.3, -0.25) is 4.79 Å². The summed E-state index contributed by atoms with van der Waals surface area (Å²) < 4.78 is 23.9. The highest BCUT2D eigenvalue weighted by molar-refractivity contribution is 7.91. The number of aliphatic carboxylic acids is 1. The monoisotopic (exact) mass is 311 g/mol. The van der Waals surface area contributed by atoms with Gasteiger partial charge in [0.2, 0.25) is 0 Å². The second-order valence-corrected chi connectivity index (χ2v) is 7.71. The molecule has 1 N–H and O–H groups in total. The second kappa shape index (κ2) is 6.05. The molecule has 116 valence electrons. The van der Waals surface area contributed by atoms with Gasteiger partial charge in [0.15, 0.2) is 9.84 Å². The molecule has 0 spiro atoms. The summed E-state index contributed by atoms with van der Waals surface area (Å²) in [6.45, 7) is 4.98. The first kappa shape index (κ1) is 15.8. The first-order valence-electron chi connectivity index (χ1n) is 7.15. The van der Waals surface area contributed by atoms with Gasteiger partial charge in [-0.2, -0.15) is 0 Å². The lowest BCUT2D eigenvalue weighted by Gasteiger charge is -2.43. The van der Waals surface area contributed by atoms with Gasteiger partial charge in [-0.25, -0.2) is 8.42 Å². The number of benzene rings is 1. The molecule has 0 aliphatic carbocycles. The molecule has 1 atom stereocenters. The van der Waals surface area contributed by atoms with Crippen LogP contribution in [0.15, 0.2) is 29.2 Å². The molecule has 1 heterocycles. The highest BCUT2D eigenvalue weighted by Gasteiger charge is 2.34. The summed E-state index contributed by atoms with van der Waals surface area (Å²) in [5, 5.41) is 8.97. The standard InChI is InChI=1S/C15H21NO4S/c1-3-8-21(19,20)14-6-4-13(5-7-14)16-9-12(10-16)11(2)15(17)18/h4-7,11-12H,3,8-10H2,1-2H3,(H,17,18). The average molecular weight is 311 g/mol. The summed E-state index contributed by atoms with van der Waals surface area (Å²) in [7, 11) is -3.17. The zero-order chi connectivity index (χ0) is 15.6. The van der Waals surface area contributed by atoms with Crippen LogP contribution in [-0.4, -0.2) is 38.3 Å². The van der Waals surface area contributed by atoms with Crippen molar-refractivity contribution in [2.24, 2.45) is 11.8 Å². The molecule has 1 aliphatic heterocycles. The van der Waals surface area contributed by atoms with E-state index in [9.17, 15) is 13.2 Å². The Bertz CT molecular complexity index is 603. The van der Waals surface area contributed by atoms with Crippen LogP contribution in [0.25, 0.3) is 0 Å². The third kappa shape index (κ3) is 3.37. The number of carboxylic acids is 1. The minimum absolute atomic E-state index is 0.158. The van der Waals surface area contributed by atoms with E-state index in [0.29, 0.717) is 24.4 Å². The van der Waals surface area contributed by atoms with Crippen LogP contribution in [-0.2, 0) is 14.6 Å². The smallest absolute Gasteiger partial charge is 0.306 e. The fourth-order valence-electron chi connectivity index (χ4n) is 2.49. The van der Waals surface area contributed by atoms with E-state index in [2.05, 4.69) is 4.90 Å². The van der Waals surface area contributed by atoms with Crippen LogP contribution in [0.2, 0.25) is 0 Å². The molecule has 0 saturated carbocycles. The van der Waals surface area contributed by atoms with Crippen molar-refractivity contribution in [1.82, 2.24) is 0 Å². The summed E-state index contributed by atoms with van der Waals surface area (Å²) in [6.07, 6.45) is 0.602. The normalized spacial score (nSPS) is 17.3. The van der Waals surface area contributed by atoms with Crippen molar-refractivity contribution >= 4 is 21.5 Å². The molecule has 0 amide bonds. The molecule has 1 aromatic rings. The summed E-state index contributed by atoms with van der Waals surface area (Å²) in [4.78, 5) is 13.3. The van der Waals surface area contributed by atoms with Crippen LogP contribution in [0, 0.1) is 11.8 Å². The lowest BCUT2D eigenvalue weighted by Crippen LogP contribution is -2.51. The van der Waals surface area contributed by atoms with Crippen LogP contribution in [0.5, 0.6) is 0 Å². The third-order valence-corrected chi connectivity index (χ3v) is 5.98. The van der Waals surface area contributed by atoms with Gasteiger partial charge in [0.25, 0.3) is 0 Å². The first-order chi connectivity index (χ1) is 9.85. The van der Waals surface area contributed by atoms with E-state index in [-0.39, 0.29) is 17.6 Å². The molecule has 5 nitrogen and oxygen atoms in total. The number of nitrogens with zero attached hydrogens (tertiary/aromatic N) is 1. The van der Waals surface area contributed by atoms with Gasteiger partial charge in [-0.15, -0.1) is 0 Å². The van der Waals surface area contributed by atoms with Crippen molar-refractivity contribution in [3.8, 4) is 0 Å². The zero-order valence-corrected chi connectivity index (χ0v) is 13.1. The zero-order valence-electron chi connectivity index (χ0n) is 12.3. The van der Waals surface area contributed by atoms with Crippen molar-refractivity contribution in [2.45, 2.75) is 25.2 Å². The van der Waals surface area contributed by atoms with E-state index in [1.54, 1.807) is 31.2 Å². The summed E-state index contributed by atoms with van der Waals surface area (Å²) in [6, 6.07) is 6.86. The minimum atomic E-state index is -3.17. The highest BCUT2D eigenvalue weighted by atomic mass is 32.2. The van der Waals surface area contributed by atoms with E-state index in [4.69, 9.17) is 5.11 Å². The maximum Gasteiger partial charge on any atom is 0.306 e. The number of hydrogen-bond acceptors (Lipinski definition) is 4. The largest absolute Gasteiger partial charge is 0.481 e. The van der Waals surface area contributed by atoms with Crippen molar-refractivity contribution in [3.05, 3.63) is 24.3 Å². The summed E-state index contributed by atoms with van der Waals surface area (Å²) in [5.41, 5.74) is 0.944. The Hall–Kier alpha value is -1.56. The van der Waals surface area contributed by atoms with Gasteiger partial charge in [-0.05, 0) is 30.7 Å². The fraction of sp³-hybridized carbons (Fsp3) is 0.533. The van der Waals surface area contributed by atoms with E-state index in [1.807, 2.05) is 6.92 Å². The van der Waals surface area contributed by atoms with Crippen LogP contribution in [0.3, 0.4) is 0 Å². The van der Waals surface area contributed by atoms with Crippen molar-refractivity contribution in [3.63, 3.8) is 0 Å². The Morgan fingerprint density at radius 2 is 1.90 bits per heavy atom.